The van der Waals surface area contributed by atoms with Gasteiger partial charge in [-0.25, -0.2) is 4.79 Å². The zero-order valence-corrected chi connectivity index (χ0v) is 8.93. The molecule has 1 aromatic carbocycles. The number of benzene rings is 1. The van der Waals surface area contributed by atoms with Crippen LogP contribution in [-0.2, 0) is 4.74 Å². The van der Waals surface area contributed by atoms with Crippen molar-refractivity contribution >= 4 is 11.8 Å². The highest BCUT2D eigenvalue weighted by molar-refractivity contribution is 5.86. The van der Waals surface area contributed by atoms with Crippen molar-refractivity contribution in [2.75, 3.05) is 25.2 Å². The fraction of sp³-hybridized carbons (Fsp3) is 0.364. The summed E-state index contributed by atoms with van der Waals surface area (Å²) in [4.78, 5) is 12.8. The number of rotatable bonds is 3. The number of aryl methyl sites for hydroxylation is 1. The lowest BCUT2D eigenvalue weighted by molar-refractivity contribution is 0.126. The number of hydrogen-bond donors (Lipinski definition) is 1. The molecule has 0 aliphatic carbocycles. The standard InChI is InChI=1S/C11H15NO3/c1-9-3-5-10(6-4-9)12(2)11(14)15-8-7-13/h3-6,13H,7-8H2,1-2H3. The van der Waals surface area contributed by atoms with Crippen LogP contribution in [0.4, 0.5) is 10.5 Å². The van der Waals surface area contributed by atoms with Gasteiger partial charge in [-0.3, -0.25) is 4.90 Å². The monoisotopic (exact) mass is 209 g/mol. The van der Waals surface area contributed by atoms with E-state index in [1.165, 1.54) is 4.90 Å². The highest BCUT2D eigenvalue weighted by atomic mass is 16.6. The third-order valence-corrected chi connectivity index (χ3v) is 2.01. The summed E-state index contributed by atoms with van der Waals surface area (Å²) in [6.07, 6.45) is -0.465. The number of carbonyl (C=O) groups excluding carboxylic acids is 1. The Kier molecular flexibility index (Phi) is 4.12. The first-order valence-electron chi connectivity index (χ1n) is 4.73. The van der Waals surface area contributed by atoms with E-state index in [1.54, 1.807) is 7.05 Å². The van der Waals surface area contributed by atoms with E-state index in [1.807, 2.05) is 31.2 Å². The summed E-state index contributed by atoms with van der Waals surface area (Å²) in [6, 6.07) is 7.53. The molecule has 0 atom stereocenters. The Bertz CT molecular complexity index is 321. The van der Waals surface area contributed by atoms with E-state index in [0.29, 0.717) is 0 Å². The number of amides is 1. The molecule has 4 heteroatoms. The van der Waals surface area contributed by atoms with Gasteiger partial charge in [0.2, 0.25) is 0 Å². The summed E-state index contributed by atoms with van der Waals surface area (Å²) in [5.41, 5.74) is 1.90. The molecule has 0 fully saturated rings. The van der Waals surface area contributed by atoms with Crippen LogP contribution in [0.15, 0.2) is 24.3 Å². The Hall–Kier alpha value is -1.55. The number of carbonyl (C=O) groups is 1. The van der Waals surface area contributed by atoms with Gasteiger partial charge in [0.05, 0.1) is 6.61 Å². The topological polar surface area (TPSA) is 49.8 Å². The molecule has 0 aliphatic heterocycles. The minimum Gasteiger partial charge on any atom is -0.447 e. The molecule has 1 N–H and O–H groups in total. The van der Waals surface area contributed by atoms with E-state index in [9.17, 15) is 4.79 Å². The van der Waals surface area contributed by atoms with Crippen LogP contribution >= 0.6 is 0 Å². The van der Waals surface area contributed by atoms with Gasteiger partial charge in [0.15, 0.2) is 0 Å². The van der Waals surface area contributed by atoms with Gasteiger partial charge >= 0.3 is 6.09 Å². The third kappa shape index (κ3) is 3.25. The first-order chi connectivity index (χ1) is 7.15. The first-order valence-corrected chi connectivity index (χ1v) is 4.73. The summed E-state index contributed by atoms with van der Waals surface area (Å²) in [7, 11) is 1.63. The minimum atomic E-state index is -0.465. The average Bonchev–Trinajstić information content (AvgIpc) is 2.26. The molecule has 0 spiro atoms. The van der Waals surface area contributed by atoms with Crippen molar-refractivity contribution in [2.24, 2.45) is 0 Å². The number of aliphatic hydroxyl groups excluding tert-OH is 1. The van der Waals surface area contributed by atoms with Gasteiger partial charge in [-0.15, -0.1) is 0 Å². The maximum Gasteiger partial charge on any atom is 0.414 e. The van der Waals surface area contributed by atoms with Crippen molar-refractivity contribution in [3.8, 4) is 0 Å². The SMILES string of the molecule is Cc1ccc(N(C)C(=O)OCCO)cc1. The summed E-state index contributed by atoms with van der Waals surface area (Å²) in [5.74, 6) is 0. The summed E-state index contributed by atoms with van der Waals surface area (Å²) < 4.78 is 4.77. The van der Waals surface area contributed by atoms with Crippen LogP contribution in [0.2, 0.25) is 0 Å². The Morgan fingerprint density at radius 1 is 1.40 bits per heavy atom. The average molecular weight is 209 g/mol. The van der Waals surface area contributed by atoms with E-state index in [0.717, 1.165) is 11.3 Å². The first kappa shape index (κ1) is 11.5. The second-order valence-electron chi connectivity index (χ2n) is 3.23. The van der Waals surface area contributed by atoms with E-state index >= 15 is 0 Å². The Morgan fingerprint density at radius 2 is 2.00 bits per heavy atom. The van der Waals surface area contributed by atoms with Crippen molar-refractivity contribution < 1.29 is 14.6 Å². The van der Waals surface area contributed by atoms with Gasteiger partial charge < -0.3 is 9.84 Å². The Balaban J connectivity index is 2.63. The molecule has 0 bridgehead atoms. The van der Waals surface area contributed by atoms with Crippen molar-refractivity contribution in [1.29, 1.82) is 0 Å². The predicted molar refractivity (Wildman–Crippen MR) is 58.0 cm³/mol. The lowest BCUT2D eigenvalue weighted by atomic mass is 10.2. The van der Waals surface area contributed by atoms with Crippen molar-refractivity contribution in [3.63, 3.8) is 0 Å². The van der Waals surface area contributed by atoms with Crippen LogP contribution in [0.25, 0.3) is 0 Å². The number of anilines is 1. The van der Waals surface area contributed by atoms with Gasteiger partial charge in [-0.05, 0) is 19.1 Å². The van der Waals surface area contributed by atoms with Gasteiger partial charge in [0, 0.05) is 12.7 Å². The van der Waals surface area contributed by atoms with Crippen molar-refractivity contribution in [2.45, 2.75) is 6.92 Å². The smallest absolute Gasteiger partial charge is 0.414 e. The minimum absolute atomic E-state index is 0.0229. The highest BCUT2D eigenvalue weighted by Gasteiger charge is 2.10. The molecule has 0 aliphatic rings. The molecule has 0 unspecified atom stereocenters. The molecule has 0 radical (unpaired) electrons. The molecule has 0 heterocycles. The molecule has 15 heavy (non-hydrogen) atoms. The molecule has 0 saturated heterocycles. The molecular formula is C11H15NO3. The molecule has 1 aromatic rings. The lowest BCUT2D eigenvalue weighted by Gasteiger charge is -2.16. The van der Waals surface area contributed by atoms with Crippen LogP contribution in [-0.4, -0.2) is 31.5 Å². The molecular weight excluding hydrogens is 194 g/mol. The van der Waals surface area contributed by atoms with Crippen molar-refractivity contribution in [1.82, 2.24) is 0 Å². The van der Waals surface area contributed by atoms with E-state index in [2.05, 4.69) is 0 Å². The van der Waals surface area contributed by atoms with Crippen LogP contribution in [0.3, 0.4) is 0 Å². The Morgan fingerprint density at radius 3 is 2.53 bits per heavy atom. The largest absolute Gasteiger partial charge is 0.447 e. The summed E-state index contributed by atoms with van der Waals surface area (Å²) in [5, 5.41) is 8.51. The molecule has 0 aromatic heterocycles. The zero-order chi connectivity index (χ0) is 11.3. The van der Waals surface area contributed by atoms with Gasteiger partial charge in [0.1, 0.15) is 6.61 Å². The maximum atomic E-state index is 11.4. The second kappa shape index (κ2) is 5.36. The van der Waals surface area contributed by atoms with Crippen LogP contribution in [0.5, 0.6) is 0 Å². The zero-order valence-electron chi connectivity index (χ0n) is 8.93. The predicted octanol–water partition coefficient (Wildman–Crippen LogP) is 1.56. The molecule has 1 amide bonds. The van der Waals surface area contributed by atoms with Crippen LogP contribution < -0.4 is 4.90 Å². The maximum absolute atomic E-state index is 11.4. The molecule has 82 valence electrons. The second-order valence-corrected chi connectivity index (χ2v) is 3.23. The number of hydrogen-bond acceptors (Lipinski definition) is 3. The normalized spacial score (nSPS) is 9.80. The quantitative estimate of drug-likeness (QED) is 0.821. The number of ether oxygens (including phenoxy) is 1. The molecule has 1 rings (SSSR count). The molecule has 4 nitrogen and oxygen atoms in total. The summed E-state index contributed by atoms with van der Waals surface area (Å²) in [6.45, 7) is 1.84. The van der Waals surface area contributed by atoms with E-state index < -0.39 is 6.09 Å². The third-order valence-electron chi connectivity index (χ3n) is 2.01. The van der Waals surface area contributed by atoms with Gasteiger partial charge in [-0.2, -0.15) is 0 Å². The van der Waals surface area contributed by atoms with E-state index in [-0.39, 0.29) is 13.2 Å². The fourth-order valence-corrected chi connectivity index (χ4v) is 1.10. The number of nitrogens with zero attached hydrogens (tertiary/aromatic N) is 1. The van der Waals surface area contributed by atoms with Crippen molar-refractivity contribution in [3.05, 3.63) is 29.8 Å². The Labute approximate surface area is 89.1 Å². The van der Waals surface area contributed by atoms with Crippen LogP contribution in [0.1, 0.15) is 5.56 Å². The van der Waals surface area contributed by atoms with Gasteiger partial charge in [-0.1, -0.05) is 17.7 Å². The van der Waals surface area contributed by atoms with Gasteiger partial charge in [0.25, 0.3) is 0 Å². The van der Waals surface area contributed by atoms with Crippen LogP contribution in [0, 0.1) is 6.92 Å². The van der Waals surface area contributed by atoms with E-state index in [4.69, 9.17) is 9.84 Å². The highest BCUT2D eigenvalue weighted by Crippen LogP contribution is 2.13. The lowest BCUT2D eigenvalue weighted by Crippen LogP contribution is -2.27. The molecule has 0 saturated carbocycles. The fourth-order valence-electron chi connectivity index (χ4n) is 1.10. The number of aliphatic hydroxyl groups is 1. The summed E-state index contributed by atoms with van der Waals surface area (Å²) >= 11 is 0.